The normalized spacial score (nSPS) is 8.38. The van der Waals surface area contributed by atoms with Crippen LogP contribution in [-0.4, -0.2) is 12.1 Å². The standard InChI is InChI=1S/C9H10N2O.ClH/c1-3-7-4-9(12-2)8(5-10)11-6-7;/h1,4,6H,5,10H2,2H3;1H. The van der Waals surface area contributed by atoms with E-state index in [1.165, 1.54) is 0 Å². The molecular formula is C9H11ClN2O. The number of nitrogens with zero attached hydrogens (tertiary/aromatic N) is 1. The molecule has 3 nitrogen and oxygen atoms in total. The molecule has 0 unspecified atom stereocenters. The number of methoxy groups -OCH3 is 1. The van der Waals surface area contributed by atoms with Crippen LogP contribution in [0.2, 0.25) is 0 Å². The van der Waals surface area contributed by atoms with Crippen molar-refractivity contribution >= 4 is 12.4 Å². The van der Waals surface area contributed by atoms with Gasteiger partial charge in [-0.3, -0.25) is 4.98 Å². The summed E-state index contributed by atoms with van der Waals surface area (Å²) in [6.45, 7) is 0.355. The van der Waals surface area contributed by atoms with Crippen molar-refractivity contribution in [1.82, 2.24) is 4.98 Å². The fourth-order valence-corrected chi connectivity index (χ4v) is 0.882. The SMILES string of the molecule is C#Cc1cnc(CN)c(OC)c1.Cl. The summed E-state index contributed by atoms with van der Waals surface area (Å²) in [6, 6.07) is 1.75. The molecule has 0 saturated carbocycles. The molecule has 0 bridgehead atoms. The highest BCUT2D eigenvalue weighted by molar-refractivity contribution is 5.85. The number of hydrogen-bond donors (Lipinski definition) is 1. The average Bonchev–Trinajstić information content (AvgIpc) is 2.16. The van der Waals surface area contributed by atoms with E-state index in [1.54, 1.807) is 19.4 Å². The van der Waals surface area contributed by atoms with Crippen LogP contribution >= 0.6 is 12.4 Å². The van der Waals surface area contributed by atoms with Gasteiger partial charge >= 0.3 is 0 Å². The molecule has 0 radical (unpaired) electrons. The number of ether oxygens (including phenoxy) is 1. The first-order chi connectivity index (χ1) is 5.81. The van der Waals surface area contributed by atoms with Gasteiger partial charge in [0, 0.05) is 18.3 Å². The highest BCUT2D eigenvalue weighted by Crippen LogP contribution is 2.15. The van der Waals surface area contributed by atoms with E-state index in [2.05, 4.69) is 10.9 Å². The number of rotatable bonds is 2. The predicted octanol–water partition coefficient (Wildman–Crippen LogP) is 0.952. The largest absolute Gasteiger partial charge is 0.495 e. The maximum absolute atomic E-state index is 5.42. The zero-order valence-electron chi connectivity index (χ0n) is 7.28. The molecule has 1 heterocycles. The highest BCUT2D eigenvalue weighted by atomic mass is 35.5. The Morgan fingerprint density at radius 2 is 2.38 bits per heavy atom. The molecule has 1 rings (SSSR count). The van der Waals surface area contributed by atoms with Crippen LogP contribution in [0.15, 0.2) is 12.3 Å². The molecular weight excluding hydrogens is 188 g/mol. The third kappa shape index (κ3) is 2.62. The van der Waals surface area contributed by atoms with E-state index >= 15 is 0 Å². The van der Waals surface area contributed by atoms with Gasteiger partial charge in [-0.15, -0.1) is 18.8 Å². The summed E-state index contributed by atoms with van der Waals surface area (Å²) in [6.07, 6.45) is 6.79. The van der Waals surface area contributed by atoms with Gasteiger partial charge in [0.2, 0.25) is 0 Å². The fourth-order valence-electron chi connectivity index (χ4n) is 0.882. The van der Waals surface area contributed by atoms with Crippen LogP contribution in [-0.2, 0) is 6.54 Å². The number of nitrogens with two attached hydrogens (primary N) is 1. The van der Waals surface area contributed by atoms with E-state index in [0.29, 0.717) is 17.9 Å². The summed E-state index contributed by atoms with van der Waals surface area (Å²) in [5, 5.41) is 0. The van der Waals surface area contributed by atoms with Crippen molar-refractivity contribution in [2.24, 2.45) is 5.73 Å². The number of aromatic nitrogens is 1. The predicted molar refractivity (Wildman–Crippen MR) is 53.9 cm³/mol. The lowest BCUT2D eigenvalue weighted by atomic mass is 10.2. The Hall–Kier alpha value is -1.24. The first kappa shape index (κ1) is 11.8. The lowest BCUT2D eigenvalue weighted by Crippen LogP contribution is -2.02. The minimum atomic E-state index is 0. The lowest BCUT2D eigenvalue weighted by molar-refractivity contribution is 0.407. The molecule has 0 spiro atoms. The Morgan fingerprint density at radius 3 is 2.85 bits per heavy atom. The first-order valence-corrected chi connectivity index (χ1v) is 3.51. The molecule has 70 valence electrons. The van der Waals surface area contributed by atoms with Gasteiger partial charge in [0.25, 0.3) is 0 Å². The van der Waals surface area contributed by atoms with Crippen LogP contribution in [0.3, 0.4) is 0 Å². The second-order valence-corrected chi connectivity index (χ2v) is 2.22. The van der Waals surface area contributed by atoms with Crippen molar-refractivity contribution in [3.63, 3.8) is 0 Å². The molecule has 0 aliphatic heterocycles. The molecule has 0 saturated heterocycles. The minimum absolute atomic E-state index is 0. The van der Waals surface area contributed by atoms with E-state index in [0.717, 1.165) is 5.69 Å². The molecule has 0 aliphatic carbocycles. The van der Waals surface area contributed by atoms with Crippen molar-refractivity contribution in [2.45, 2.75) is 6.54 Å². The number of pyridine rings is 1. The average molecular weight is 199 g/mol. The topological polar surface area (TPSA) is 48.1 Å². The third-order valence-corrected chi connectivity index (χ3v) is 1.51. The van der Waals surface area contributed by atoms with Crippen molar-refractivity contribution in [2.75, 3.05) is 7.11 Å². The molecule has 1 aromatic heterocycles. The van der Waals surface area contributed by atoms with Gasteiger partial charge in [0.05, 0.1) is 12.8 Å². The zero-order valence-corrected chi connectivity index (χ0v) is 8.10. The Morgan fingerprint density at radius 1 is 1.69 bits per heavy atom. The zero-order chi connectivity index (χ0) is 8.97. The number of terminal acetylenes is 1. The molecule has 2 N–H and O–H groups in total. The molecule has 0 atom stereocenters. The van der Waals surface area contributed by atoms with Crippen LogP contribution < -0.4 is 10.5 Å². The van der Waals surface area contributed by atoms with Crippen molar-refractivity contribution in [3.8, 4) is 18.1 Å². The van der Waals surface area contributed by atoms with E-state index in [-0.39, 0.29) is 12.4 Å². The van der Waals surface area contributed by atoms with Crippen LogP contribution in [0.1, 0.15) is 11.3 Å². The van der Waals surface area contributed by atoms with E-state index in [9.17, 15) is 0 Å². The molecule has 0 aliphatic rings. The van der Waals surface area contributed by atoms with Gasteiger partial charge in [-0.05, 0) is 6.07 Å². The monoisotopic (exact) mass is 198 g/mol. The van der Waals surface area contributed by atoms with E-state index in [4.69, 9.17) is 16.9 Å². The van der Waals surface area contributed by atoms with Crippen molar-refractivity contribution in [1.29, 1.82) is 0 Å². The summed E-state index contributed by atoms with van der Waals surface area (Å²) in [7, 11) is 1.57. The molecule has 4 heteroatoms. The maximum Gasteiger partial charge on any atom is 0.142 e. The van der Waals surface area contributed by atoms with Gasteiger partial charge in [-0.25, -0.2) is 0 Å². The van der Waals surface area contributed by atoms with Crippen LogP contribution in [0.5, 0.6) is 5.75 Å². The molecule has 0 amide bonds. The van der Waals surface area contributed by atoms with Crippen LogP contribution in [0, 0.1) is 12.3 Å². The summed E-state index contributed by atoms with van der Waals surface area (Å²) in [4.78, 5) is 4.05. The van der Waals surface area contributed by atoms with Crippen molar-refractivity contribution < 1.29 is 4.74 Å². The molecule has 0 aromatic carbocycles. The summed E-state index contributed by atoms with van der Waals surface area (Å²) >= 11 is 0. The Kier molecular flexibility index (Phi) is 4.90. The van der Waals surface area contributed by atoms with Gasteiger partial charge in [0.15, 0.2) is 0 Å². The van der Waals surface area contributed by atoms with Gasteiger partial charge < -0.3 is 10.5 Å². The van der Waals surface area contributed by atoms with Gasteiger partial charge in [0.1, 0.15) is 5.75 Å². The lowest BCUT2D eigenvalue weighted by Gasteiger charge is -2.04. The Labute approximate surface area is 83.7 Å². The van der Waals surface area contributed by atoms with E-state index in [1.807, 2.05) is 0 Å². The highest BCUT2D eigenvalue weighted by Gasteiger charge is 2.02. The number of hydrogen-bond acceptors (Lipinski definition) is 3. The quantitative estimate of drug-likeness (QED) is 0.720. The minimum Gasteiger partial charge on any atom is -0.495 e. The van der Waals surface area contributed by atoms with Crippen LogP contribution in [0.4, 0.5) is 0 Å². The Balaban J connectivity index is 0.00000144. The number of halogens is 1. The fraction of sp³-hybridized carbons (Fsp3) is 0.222. The second-order valence-electron chi connectivity index (χ2n) is 2.22. The summed E-state index contributed by atoms with van der Waals surface area (Å²) < 4.78 is 5.04. The van der Waals surface area contributed by atoms with E-state index < -0.39 is 0 Å². The third-order valence-electron chi connectivity index (χ3n) is 1.51. The second kappa shape index (κ2) is 5.41. The first-order valence-electron chi connectivity index (χ1n) is 3.51. The molecule has 0 fully saturated rings. The van der Waals surface area contributed by atoms with Gasteiger partial charge in [-0.2, -0.15) is 0 Å². The smallest absolute Gasteiger partial charge is 0.142 e. The molecule has 13 heavy (non-hydrogen) atoms. The molecule has 1 aromatic rings. The summed E-state index contributed by atoms with van der Waals surface area (Å²) in [5.74, 6) is 3.12. The Bertz CT molecular complexity index is 320. The van der Waals surface area contributed by atoms with Gasteiger partial charge in [-0.1, -0.05) is 5.92 Å². The van der Waals surface area contributed by atoms with Crippen molar-refractivity contribution in [3.05, 3.63) is 23.5 Å². The van der Waals surface area contributed by atoms with Crippen LogP contribution in [0.25, 0.3) is 0 Å². The summed E-state index contributed by atoms with van der Waals surface area (Å²) in [5.41, 5.74) is 6.84. The maximum atomic E-state index is 5.42.